The van der Waals surface area contributed by atoms with Gasteiger partial charge in [-0.25, -0.2) is 9.78 Å². The molecule has 2 aromatic rings. The minimum atomic E-state index is -0.960. The highest BCUT2D eigenvalue weighted by Gasteiger charge is 2.19. The second kappa shape index (κ2) is 3.87. The number of hydrogen-bond donors (Lipinski definition) is 2. The average Bonchev–Trinajstić information content (AvgIpc) is 2.38. The molecule has 0 bridgehead atoms. The molecule has 0 radical (unpaired) electrons. The number of hydrogen-bond acceptors (Lipinski definition) is 4. The van der Waals surface area contributed by atoms with Gasteiger partial charge in [-0.15, -0.1) is 0 Å². The highest BCUT2D eigenvalue weighted by atomic mass is 16.5. The molecule has 5 heteroatoms. The molecule has 3 rings (SSSR count). The number of rotatable bonds is 1. The number of anilines is 1. The molecule has 1 aliphatic rings. The summed E-state index contributed by atoms with van der Waals surface area (Å²) in [5.74, 6) is 0.199. The predicted molar refractivity (Wildman–Crippen MR) is 66.9 cm³/mol. The quantitative estimate of drug-likeness (QED) is 0.799. The average molecular weight is 244 g/mol. The normalized spacial score (nSPS) is 14.0. The highest BCUT2D eigenvalue weighted by molar-refractivity contribution is 5.96. The van der Waals surface area contributed by atoms with Gasteiger partial charge in [0.05, 0.1) is 17.7 Å². The number of aromatic carboxylic acids is 1. The van der Waals surface area contributed by atoms with Crippen LogP contribution < -0.4 is 10.5 Å². The first-order valence-corrected chi connectivity index (χ1v) is 5.75. The molecular weight excluding hydrogens is 232 g/mol. The number of carboxylic acid groups (broad SMARTS) is 1. The maximum atomic E-state index is 11.0. The van der Waals surface area contributed by atoms with Crippen molar-refractivity contribution < 1.29 is 14.6 Å². The molecule has 0 unspecified atom stereocenters. The number of benzene rings is 1. The van der Waals surface area contributed by atoms with Gasteiger partial charge in [-0.2, -0.15) is 0 Å². The molecule has 0 saturated heterocycles. The highest BCUT2D eigenvalue weighted by Crippen LogP contribution is 2.36. The first-order valence-electron chi connectivity index (χ1n) is 5.75. The molecule has 3 N–H and O–H groups in total. The van der Waals surface area contributed by atoms with Crippen LogP contribution in [0.25, 0.3) is 10.9 Å². The van der Waals surface area contributed by atoms with Crippen molar-refractivity contribution in [2.24, 2.45) is 0 Å². The molecule has 5 nitrogen and oxygen atoms in total. The van der Waals surface area contributed by atoms with Gasteiger partial charge >= 0.3 is 5.97 Å². The van der Waals surface area contributed by atoms with Crippen LogP contribution in [0.1, 0.15) is 22.3 Å². The molecule has 2 heterocycles. The molecule has 0 atom stereocenters. The maximum absolute atomic E-state index is 11.0. The van der Waals surface area contributed by atoms with E-state index in [1.807, 2.05) is 0 Å². The van der Waals surface area contributed by atoms with Crippen LogP contribution in [0.5, 0.6) is 5.75 Å². The lowest BCUT2D eigenvalue weighted by Gasteiger charge is -2.20. The van der Waals surface area contributed by atoms with E-state index in [1.165, 1.54) is 6.07 Å². The van der Waals surface area contributed by atoms with Crippen LogP contribution in [0.15, 0.2) is 18.2 Å². The Kier molecular flexibility index (Phi) is 2.33. The summed E-state index contributed by atoms with van der Waals surface area (Å²) >= 11 is 0. The van der Waals surface area contributed by atoms with E-state index in [9.17, 15) is 4.79 Å². The van der Waals surface area contributed by atoms with Crippen molar-refractivity contribution in [3.8, 4) is 5.75 Å². The second-order valence-electron chi connectivity index (χ2n) is 4.29. The topological polar surface area (TPSA) is 85.4 Å². The summed E-state index contributed by atoms with van der Waals surface area (Å²) in [7, 11) is 0. The van der Waals surface area contributed by atoms with Crippen molar-refractivity contribution >= 4 is 22.7 Å². The van der Waals surface area contributed by atoms with Gasteiger partial charge in [-0.05, 0) is 31.0 Å². The number of aromatic nitrogens is 1. The number of fused-ring (bicyclic) bond motifs is 3. The Labute approximate surface area is 103 Å². The van der Waals surface area contributed by atoms with Gasteiger partial charge in [0.1, 0.15) is 11.6 Å². The Morgan fingerprint density at radius 2 is 2.28 bits per heavy atom. The maximum Gasteiger partial charge on any atom is 0.335 e. The van der Waals surface area contributed by atoms with Crippen molar-refractivity contribution in [1.29, 1.82) is 0 Å². The summed E-state index contributed by atoms with van der Waals surface area (Å²) in [5, 5.41) is 9.74. The fraction of sp³-hybridized carbons (Fsp3) is 0.231. The molecular formula is C13H12N2O3. The van der Waals surface area contributed by atoms with Crippen molar-refractivity contribution in [2.45, 2.75) is 12.8 Å². The Morgan fingerprint density at radius 3 is 3.06 bits per heavy atom. The van der Waals surface area contributed by atoms with E-state index in [-0.39, 0.29) is 5.56 Å². The van der Waals surface area contributed by atoms with Gasteiger partial charge in [0.25, 0.3) is 0 Å². The van der Waals surface area contributed by atoms with Crippen LogP contribution in [0, 0.1) is 0 Å². The van der Waals surface area contributed by atoms with Gasteiger partial charge in [-0.3, -0.25) is 0 Å². The van der Waals surface area contributed by atoms with Gasteiger partial charge < -0.3 is 15.6 Å². The minimum absolute atomic E-state index is 0.227. The van der Waals surface area contributed by atoms with Gasteiger partial charge in [0, 0.05) is 10.9 Å². The molecule has 1 aromatic heterocycles. The summed E-state index contributed by atoms with van der Waals surface area (Å²) in [6, 6.07) is 4.77. The number of ether oxygens (including phenoxy) is 1. The van der Waals surface area contributed by atoms with E-state index in [2.05, 4.69) is 4.98 Å². The fourth-order valence-corrected chi connectivity index (χ4v) is 2.25. The van der Waals surface area contributed by atoms with E-state index in [1.54, 1.807) is 12.1 Å². The Hall–Kier alpha value is -2.30. The third-order valence-corrected chi connectivity index (χ3v) is 3.13. The van der Waals surface area contributed by atoms with Crippen LogP contribution in [0.2, 0.25) is 0 Å². The monoisotopic (exact) mass is 244 g/mol. The zero-order valence-electron chi connectivity index (χ0n) is 9.64. The van der Waals surface area contributed by atoms with Crippen molar-refractivity contribution in [1.82, 2.24) is 4.98 Å². The predicted octanol–water partition coefficient (Wildman–Crippen LogP) is 1.84. The van der Waals surface area contributed by atoms with Crippen LogP contribution >= 0.6 is 0 Å². The number of nitrogen functional groups attached to an aromatic ring is 1. The summed E-state index contributed by atoms with van der Waals surface area (Å²) in [4.78, 5) is 15.3. The van der Waals surface area contributed by atoms with Crippen molar-refractivity contribution in [2.75, 3.05) is 12.3 Å². The molecule has 0 fully saturated rings. The summed E-state index contributed by atoms with van der Waals surface area (Å²) in [6.07, 6.45) is 1.73. The molecule has 0 aliphatic carbocycles. The molecule has 0 spiro atoms. The van der Waals surface area contributed by atoms with E-state index in [0.717, 1.165) is 23.8 Å². The SMILES string of the molecule is Nc1nc2ccc(C(=O)O)cc2c2c1CCCO2. The van der Waals surface area contributed by atoms with Gasteiger partial charge in [0.2, 0.25) is 0 Å². The van der Waals surface area contributed by atoms with Gasteiger partial charge in [-0.1, -0.05) is 0 Å². The first kappa shape index (κ1) is 10.8. The third kappa shape index (κ3) is 1.55. The lowest BCUT2D eigenvalue weighted by atomic mass is 10.0. The summed E-state index contributed by atoms with van der Waals surface area (Å²) in [6.45, 7) is 0.628. The zero-order chi connectivity index (χ0) is 12.7. The van der Waals surface area contributed by atoms with E-state index in [4.69, 9.17) is 15.6 Å². The largest absolute Gasteiger partial charge is 0.492 e. The molecule has 0 amide bonds. The number of nitrogens with two attached hydrogens (primary N) is 1. The van der Waals surface area contributed by atoms with Crippen LogP contribution in [0.3, 0.4) is 0 Å². The minimum Gasteiger partial charge on any atom is -0.492 e. The first-order chi connectivity index (χ1) is 8.66. The number of carbonyl (C=O) groups is 1. The Bertz CT molecular complexity index is 652. The molecule has 0 saturated carbocycles. The summed E-state index contributed by atoms with van der Waals surface area (Å²) in [5.41, 5.74) is 7.68. The molecule has 18 heavy (non-hydrogen) atoms. The summed E-state index contributed by atoms with van der Waals surface area (Å²) < 4.78 is 5.64. The van der Waals surface area contributed by atoms with E-state index in [0.29, 0.717) is 23.7 Å². The smallest absolute Gasteiger partial charge is 0.335 e. The van der Waals surface area contributed by atoms with E-state index < -0.39 is 5.97 Å². The molecule has 1 aromatic carbocycles. The van der Waals surface area contributed by atoms with Crippen molar-refractivity contribution in [3.63, 3.8) is 0 Å². The third-order valence-electron chi connectivity index (χ3n) is 3.13. The van der Waals surface area contributed by atoms with Crippen LogP contribution in [-0.4, -0.2) is 22.7 Å². The number of nitrogens with zero attached hydrogens (tertiary/aromatic N) is 1. The van der Waals surface area contributed by atoms with Crippen molar-refractivity contribution in [3.05, 3.63) is 29.3 Å². The lowest BCUT2D eigenvalue weighted by molar-refractivity contribution is 0.0697. The fourth-order valence-electron chi connectivity index (χ4n) is 2.25. The molecule has 1 aliphatic heterocycles. The lowest BCUT2D eigenvalue weighted by Crippen LogP contribution is -2.12. The second-order valence-corrected chi connectivity index (χ2v) is 4.29. The van der Waals surface area contributed by atoms with Crippen LogP contribution in [0.4, 0.5) is 5.82 Å². The zero-order valence-corrected chi connectivity index (χ0v) is 9.64. The number of carboxylic acids is 1. The van der Waals surface area contributed by atoms with Crippen LogP contribution in [-0.2, 0) is 6.42 Å². The standard InChI is InChI=1S/C13H12N2O3/c14-12-8-2-1-5-18-11(8)9-6-7(13(16)17)3-4-10(9)15-12/h3-4,6H,1-2,5H2,(H2,14,15)(H,16,17). The Balaban J connectivity index is 2.33. The van der Waals surface area contributed by atoms with E-state index >= 15 is 0 Å². The molecule has 92 valence electrons. The Morgan fingerprint density at radius 1 is 1.44 bits per heavy atom. The van der Waals surface area contributed by atoms with Gasteiger partial charge in [0.15, 0.2) is 0 Å². The number of pyridine rings is 1.